The van der Waals surface area contributed by atoms with Crippen molar-refractivity contribution >= 4 is 16.5 Å². The lowest BCUT2D eigenvalue weighted by Gasteiger charge is -2.10. The average molecular weight is 297 g/mol. The van der Waals surface area contributed by atoms with Crippen LogP contribution in [0.4, 0.5) is 10.1 Å². The number of hydrogen-bond acceptors (Lipinski definition) is 5. The fourth-order valence-corrected chi connectivity index (χ4v) is 2.18. The Morgan fingerprint density at radius 2 is 2.25 bits per heavy atom. The molecule has 0 amide bonds. The van der Waals surface area contributed by atoms with Crippen LogP contribution in [-0.4, -0.2) is 35.9 Å². The van der Waals surface area contributed by atoms with E-state index in [1.54, 1.807) is 10.9 Å². The van der Waals surface area contributed by atoms with Crippen LogP contribution in [0.5, 0.6) is 0 Å². The Labute approximate surface area is 118 Å². The molecule has 2 rings (SSSR count). The second kappa shape index (κ2) is 6.08. The largest absolute Gasteiger partial charge is 0.398 e. The zero-order chi connectivity index (χ0) is 14.7. The summed E-state index contributed by atoms with van der Waals surface area (Å²) in [6.07, 6.45) is 2.33. The third kappa shape index (κ3) is 3.19. The van der Waals surface area contributed by atoms with Crippen molar-refractivity contribution in [2.45, 2.75) is 25.1 Å². The third-order valence-corrected chi connectivity index (χ3v) is 4.47. The molecule has 6 nitrogen and oxygen atoms in total. The Balaban J connectivity index is 2.24. The number of benzene rings is 1. The summed E-state index contributed by atoms with van der Waals surface area (Å²) < 4.78 is 26.2. The van der Waals surface area contributed by atoms with Gasteiger partial charge in [0.25, 0.3) is 0 Å². The van der Waals surface area contributed by atoms with Gasteiger partial charge in [0.05, 0.1) is 0 Å². The van der Waals surface area contributed by atoms with Crippen molar-refractivity contribution in [3.63, 3.8) is 0 Å². The highest BCUT2D eigenvalue weighted by Gasteiger charge is 2.14. The number of halogens is 1. The Morgan fingerprint density at radius 3 is 2.95 bits per heavy atom. The van der Waals surface area contributed by atoms with Crippen LogP contribution in [0.15, 0.2) is 18.2 Å². The molecule has 0 spiro atoms. The van der Waals surface area contributed by atoms with Crippen molar-refractivity contribution in [1.29, 1.82) is 0 Å². The van der Waals surface area contributed by atoms with E-state index in [4.69, 9.17) is 5.73 Å². The van der Waals surface area contributed by atoms with Crippen molar-refractivity contribution in [2.75, 3.05) is 12.0 Å². The van der Waals surface area contributed by atoms with Crippen molar-refractivity contribution in [2.24, 2.45) is 0 Å². The van der Waals surface area contributed by atoms with Gasteiger partial charge in [-0.2, -0.15) is 0 Å². The standard InChI is InChI=1S/C12H16FN5OS/c1-8(20(2)19)5-6-18-12(15-16-17-18)10-7-9(13)3-4-11(10)14/h3-4,7-8H,5-6,14H2,1-2H3. The molecule has 0 saturated carbocycles. The van der Waals surface area contributed by atoms with Gasteiger partial charge in [0, 0.05) is 40.1 Å². The maximum atomic E-state index is 13.3. The Kier molecular flexibility index (Phi) is 4.43. The summed E-state index contributed by atoms with van der Waals surface area (Å²) >= 11 is 0. The molecule has 1 heterocycles. The first-order valence-corrected chi connectivity index (χ1v) is 7.75. The van der Waals surface area contributed by atoms with Gasteiger partial charge in [-0.25, -0.2) is 9.07 Å². The highest BCUT2D eigenvalue weighted by atomic mass is 32.2. The van der Waals surface area contributed by atoms with E-state index in [1.807, 2.05) is 6.92 Å². The van der Waals surface area contributed by atoms with Crippen molar-refractivity contribution in [1.82, 2.24) is 20.2 Å². The fraction of sp³-hybridized carbons (Fsp3) is 0.417. The van der Waals surface area contributed by atoms with Gasteiger partial charge >= 0.3 is 0 Å². The van der Waals surface area contributed by atoms with Crippen molar-refractivity contribution < 1.29 is 8.60 Å². The van der Waals surface area contributed by atoms with E-state index < -0.39 is 16.6 Å². The molecular weight excluding hydrogens is 281 g/mol. The summed E-state index contributed by atoms with van der Waals surface area (Å²) in [7, 11) is -0.898. The summed E-state index contributed by atoms with van der Waals surface area (Å²) in [5.41, 5.74) is 6.70. The lowest BCUT2D eigenvalue weighted by atomic mass is 10.1. The number of hydrogen-bond donors (Lipinski definition) is 1. The van der Waals surface area contributed by atoms with Gasteiger partial charge in [0.2, 0.25) is 0 Å². The molecule has 2 unspecified atom stereocenters. The molecule has 2 atom stereocenters. The third-order valence-electron chi connectivity index (χ3n) is 3.10. The lowest BCUT2D eigenvalue weighted by molar-refractivity contribution is 0.556. The number of anilines is 1. The highest BCUT2D eigenvalue weighted by molar-refractivity contribution is 7.84. The van der Waals surface area contributed by atoms with Crippen LogP contribution in [0, 0.1) is 5.82 Å². The predicted molar refractivity (Wildman–Crippen MR) is 75.8 cm³/mol. The van der Waals surface area contributed by atoms with Crippen LogP contribution in [0.1, 0.15) is 13.3 Å². The second-order valence-corrected chi connectivity index (χ2v) is 6.36. The first kappa shape index (κ1) is 14.6. The molecule has 0 radical (unpaired) electrons. The molecule has 0 aliphatic carbocycles. The molecule has 1 aromatic carbocycles. The maximum absolute atomic E-state index is 13.3. The molecule has 108 valence electrons. The van der Waals surface area contributed by atoms with Gasteiger partial charge in [0.15, 0.2) is 5.82 Å². The molecular formula is C12H16FN5OS. The summed E-state index contributed by atoms with van der Waals surface area (Å²) in [6, 6.07) is 4.07. The Hall–Kier alpha value is -1.83. The zero-order valence-corrected chi connectivity index (χ0v) is 12.1. The summed E-state index contributed by atoms with van der Waals surface area (Å²) in [4.78, 5) is 0. The minimum atomic E-state index is -0.898. The lowest BCUT2D eigenvalue weighted by Crippen LogP contribution is -2.14. The van der Waals surface area contributed by atoms with Crippen LogP contribution in [0.25, 0.3) is 11.4 Å². The monoisotopic (exact) mass is 297 g/mol. The van der Waals surface area contributed by atoms with E-state index in [2.05, 4.69) is 15.5 Å². The smallest absolute Gasteiger partial charge is 0.184 e. The summed E-state index contributed by atoms with van der Waals surface area (Å²) in [6.45, 7) is 2.40. The van der Waals surface area contributed by atoms with Gasteiger partial charge < -0.3 is 5.73 Å². The van der Waals surface area contributed by atoms with Gasteiger partial charge in [-0.05, 0) is 35.0 Å². The Bertz CT molecular complexity index is 630. The van der Waals surface area contributed by atoms with E-state index in [0.29, 0.717) is 30.0 Å². The van der Waals surface area contributed by atoms with Crippen LogP contribution in [0.3, 0.4) is 0 Å². The van der Waals surface area contributed by atoms with Gasteiger partial charge in [0.1, 0.15) is 5.82 Å². The first-order valence-electron chi connectivity index (χ1n) is 6.13. The molecule has 2 N–H and O–H groups in total. The molecule has 2 aromatic rings. The van der Waals surface area contributed by atoms with Crippen LogP contribution in [0.2, 0.25) is 0 Å². The highest BCUT2D eigenvalue weighted by Crippen LogP contribution is 2.24. The zero-order valence-electron chi connectivity index (χ0n) is 11.3. The molecule has 0 saturated heterocycles. The van der Waals surface area contributed by atoms with Gasteiger partial charge in [-0.1, -0.05) is 6.92 Å². The van der Waals surface area contributed by atoms with Crippen LogP contribution >= 0.6 is 0 Å². The molecule has 0 bridgehead atoms. The van der Waals surface area contributed by atoms with Crippen LogP contribution < -0.4 is 5.73 Å². The molecule has 0 aliphatic rings. The second-order valence-electron chi connectivity index (χ2n) is 4.56. The number of nitrogen functional groups attached to an aromatic ring is 1. The first-order chi connectivity index (χ1) is 9.49. The number of tetrazole rings is 1. The molecule has 8 heteroatoms. The normalized spacial score (nSPS) is 14.2. The number of aryl methyl sites for hydroxylation is 1. The minimum absolute atomic E-state index is 0.0388. The van der Waals surface area contributed by atoms with Crippen molar-refractivity contribution in [3.8, 4) is 11.4 Å². The summed E-state index contributed by atoms with van der Waals surface area (Å²) in [5.74, 6) is 0.0165. The van der Waals surface area contributed by atoms with Crippen molar-refractivity contribution in [3.05, 3.63) is 24.0 Å². The van der Waals surface area contributed by atoms with E-state index in [-0.39, 0.29) is 5.25 Å². The average Bonchev–Trinajstić information content (AvgIpc) is 2.86. The van der Waals surface area contributed by atoms with E-state index in [1.165, 1.54) is 18.2 Å². The quantitative estimate of drug-likeness (QED) is 0.838. The SMILES string of the molecule is CC(CCn1nnnc1-c1cc(F)ccc1N)S(C)=O. The van der Waals surface area contributed by atoms with E-state index in [0.717, 1.165) is 0 Å². The predicted octanol–water partition coefficient (Wildman–Crippen LogP) is 1.22. The maximum Gasteiger partial charge on any atom is 0.184 e. The number of rotatable bonds is 5. The number of aromatic nitrogens is 4. The minimum Gasteiger partial charge on any atom is -0.398 e. The molecule has 1 aromatic heterocycles. The fourth-order valence-electron chi connectivity index (χ4n) is 1.74. The van der Waals surface area contributed by atoms with Crippen LogP contribution in [-0.2, 0) is 17.3 Å². The Morgan fingerprint density at radius 1 is 1.50 bits per heavy atom. The number of nitrogens with two attached hydrogens (primary N) is 1. The number of nitrogens with zero attached hydrogens (tertiary/aromatic N) is 4. The van der Waals surface area contributed by atoms with Gasteiger partial charge in [-0.3, -0.25) is 4.21 Å². The molecule has 20 heavy (non-hydrogen) atoms. The van der Waals surface area contributed by atoms with Gasteiger partial charge in [-0.15, -0.1) is 5.10 Å². The topological polar surface area (TPSA) is 86.7 Å². The molecule has 0 fully saturated rings. The molecule has 0 aliphatic heterocycles. The summed E-state index contributed by atoms with van der Waals surface area (Å²) in [5, 5.41) is 11.4. The van der Waals surface area contributed by atoms with E-state index in [9.17, 15) is 8.60 Å². The van der Waals surface area contributed by atoms with E-state index >= 15 is 0 Å².